The Kier molecular flexibility index (Phi) is 4.82. The third kappa shape index (κ3) is 3.25. The van der Waals surface area contributed by atoms with Crippen LogP contribution in [0.3, 0.4) is 0 Å². The lowest BCUT2D eigenvalue weighted by atomic mass is 10.0. The summed E-state index contributed by atoms with van der Waals surface area (Å²) in [5.74, 6) is -1.17. The second kappa shape index (κ2) is 7.28. The summed E-state index contributed by atoms with van der Waals surface area (Å²) >= 11 is 0. The molecule has 4 rings (SSSR count). The summed E-state index contributed by atoms with van der Waals surface area (Å²) in [4.78, 5) is 26.5. The standard InChI is InChI=1S/C21H24N4O3/c1-13-18(24-10-7-14(11-24)23-9-2-8-22)6-5-16-19(13)25(15-3-4-15)12-17(20(16)26)21(27)28/h5-6,12,14-15,23H,2-4,7,9-11H2,1H3,(H,27,28). The summed E-state index contributed by atoms with van der Waals surface area (Å²) in [7, 11) is 0. The number of nitriles is 1. The summed E-state index contributed by atoms with van der Waals surface area (Å²) in [6.07, 6.45) is 5.06. The van der Waals surface area contributed by atoms with Gasteiger partial charge < -0.3 is 19.9 Å². The van der Waals surface area contributed by atoms with Crippen molar-refractivity contribution in [3.63, 3.8) is 0 Å². The molecule has 0 radical (unpaired) electrons. The van der Waals surface area contributed by atoms with Crippen LogP contribution in [0, 0.1) is 18.3 Å². The first-order valence-corrected chi connectivity index (χ1v) is 9.78. The summed E-state index contributed by atoms with van der Waals surface area (Å²) in [6.45, 7) is 4.49. The monoisotopic (exact) mass is 380 g/mol. The molecule has 0 spiro atoms. The van der Waals surface area contributed by atoms with Crippen molar-refractivity contribution in [1.29, 1.82) is 5.26 Å². The van der Waals surface area contributed by atoms with Gasteiger partial charge in [-0.2, -0.15) is 5.26 Å². The largest absolute Gasteiger partial charge is 0.477 e. The van der Waals surface area contributed by atoms with Crippen LogP contribution in [-0.2, 0) is 0 Å². The van der Waals surface area contributed by atoms with E-state index in [0.29, 0.717) is 24.4 Å². The van der Waals surface area contributed by atoms with Gasteiger partial charge in [0.2, 0.25) is 5.43 Å². The van der Waals surface area contributed by atoms with Crippen LogP contribution >= 0.6 is 0 Å². The van der Waals surface area contributed by atoms with E-state index < -0.39 is 11.4 Å². The molecular weight excluding hydrogens is 356 g/mol. The third-order valence-electron chi connectivity index (χ3n) is 5.79. The minimum atomic E-state index is -1.17. The predicted molar refractivity (Wildman–Crippen MR) is 107 cm³/mol. The molecule has 0 amide bonds. The number of benzene rings is 1. The Balaban J connectivity index is 1.72. The van der Waals surface area contributed by atoms with Gasteiger partial charge in [0.15, 0.2) is 0 Å². The number of hydrogen-bond donors (Lipinski definition) is 2. The fraction of sp³-hybridized carbons (Fsp3) is 0.476. The van der Waals surface area contributed by atoms with Crippen LogP contribution in [0.2, 0.25) is 0 Å². The molecule has 2 aromatic rings. The van der Waals surface area contributed by atoms with Crippen LogP contribution in [0.25, 0.3) is 10.9 Å². The number of hydrogen-bond acceptors (Lipinski definition) is 5. The number of anilines is 1. The molecule has 1 saturated carbocycles. The van der Waals surface area contributed by atoms with Crippen molar-refractivity contribution in [3.05, 3.63) is 39.7 Å². The topological polar surface area (TPSA) is 98.4 Å². The molecule has 7 heteroatoms. The highest BCUT2D eigenvalue weighted by Crippen LogP contribution is 2.39. The van der Waals surface area contributed by atoms with E-state index in [1.165, 1.54) is 6.20 Å². The molecule has 1 aromatic heterocycles. The van der Waals surface area contributed by atoms with Crippen LogP contribution in [0.15, 0.2) is 23.1 Å². The van der Waals surface area contributed by atoms with Crippen LogP contribution in [0.4, 0.5) is 5.69 Å². The molecule has 1 saturated heterocycles. The van der Waals surface area contributed by atoms with Gasteiger partial charge >= 0.3 is 5.97 Å². The Morgan fingerprint density at radius 2 is 2.14 bits per heavy atom. The number of pyridine rings is 1. The van der Waals surface area contributed by atoms with Crippen molar-refractivity contribution >= 4 is 22.6 Å². The lowest BCUT2D eigenvalue weighted by Gasteiger charge is -2.24. The molecule has 1 aliphatic heterocycles. The summed E-state index contributed by atoms with van der Waals surface area (Å²) < 4.78 is 2.00. The molecule has 0 bridgehead atoms. The van der Waals surface area contributed by atoms with E-state index in [1.54, 1.807) is 6.07 Å². The van der Waals surface area contributed by atoms with Crippen LogP contribution in [-0.4, -0.2) is 41.3 Å². The van der Waals surface area contributed by atoms with E-state index >= 15 is 0 Å². The molecule has 2 heterocycles. The Labute approximate surface area is 163 Å². The van der Waals surface area contributed by atoms with Crippen molar-refractivity contribution in [2.24, 2.45) is 0 Å². The zero-order valence-electron chi connectivity index (χ0n) is 15.9. The van der Waals surface area contributed by atoms with Crippen molar-refractivity contribution in [2.45, 2.75) is 44.7 Å². The number of carboxylic acids is 1. The number of carboxylic acid groups (broad SMARTS) is 1. The molecule has 1 aromatic carbocycles. The van der Waals surface area contributed by atoms with E-state index in [-0.39, 0.29) is 11.6 Å². The number of rotatable bonds is 6. The average molecular weight is 380 g/mol. The second-order valence-electron chi connectivity index (χ2n) is 7.72. The summed E-state index contributed by atoms with van der Waals surface area (Å²) in [6, 6.07) is 6.50. The number of aryl methyl sites for hydroxylation is 1. The van der Waals surface area contributed by atoms with E-state index in [0.717, 1.165) is 49.1 Å². The molecule has 2 N–H and O–H groups in total. The highest BCUT2D eigenvalue weighted by Gasteiger charge is 2.29. The average Bonchev–Trinajstić information content (AvgIpc) is 3.41. The number of aromatic carboxylic acids is 1. The zero-order valence-corrected chi connectivity index (χ0v) is 15.9. The highest BCUT2D eigenvalue weighted by molar-refractivity contribution is 5.95. The first kappa shape index (κ1) is 18.5. The number of nitrogens with one attached hydrogen (secondary N) is 1. The van der Waals surface area contributed by atoms with Gasteiger partial charge in [0, 0.05) is 55.4 Å². The molecule has 2 aliphatic rings. The molecule has 146 valence electrons. The fourth-order valence-corrected chi connectivity index (χ4v) is 4.23. The predicted octanol–water partition coefficient (Wildman–Crippen LogP) is 2.43. The van der Waals surface area contributed by atoms with Gasteiger partial charge in [-0.25, -0.2) is 4.79 Å². The van der Waals surface area contributed by atoms with Crippen LogP contribution in [0.5, 0.6) is 0 Å². The molecule has 28 heavy (non-hydrogen) atoms. The zero-order chi connectivity index (χ0) is 19.8. The lowest BCUT2D eigenvalue weighted by molar-refractivity contribution is 0.0695. The maximum absolute atomic E-state index is 12.7. The van der Waals surface area contributed by atoms with Crippen molar-refractivity contribution < 1.29 is 9.90 Å². The van der Waals surface area contributed by atoms with Crippen LogP contribution in [0.1, 0.15) is 47.6 Å². The number of carbonyl (C=O) groups is 1. The third-order valence-corrected chi connectivity index (χ3v) is 5.79. The van der Waals surface area contributed by atoms with E-state index in [9.17, 15) is 14.7 Å². The maximum Gasteiger partial charge on any atom is 0.341 e. The van der Waals surface area contributed by atoms with Crippen molar-refractivity contribution in [2.75, 3.05) is 24.5 Å². The molecule has 2 fully saturated rings. The fourth-order valence-electron chi connectivity index (χ4n) is 4.23. The molecule has 1 aliphatic carbocycles. The Bertz CT molecular complexity index is 1030. The summed E-state index contributed by atoms with van der Waals surface area (Å²) in [5.41, 5.74) is 2.40. The van der Waals surface area contributed by atoms with Crippen LogP contribution < -0.4 is 15.6 Å². The molecule has 1 atom stereocenters. The highest BCUT2D eigenvalue weighted by atomic mass is 16.4. The van der Waals surface area contributed by atoms with Gasteiger partial charge in [-0.3, -0.25) is 4.79 Å². The number of aromatic nitrogens is 1. The van der Waals surface area contributed by atoms with Gasteiger partial charge in [-0.15, -0.1) is 0 Å². The smallest absolute Gasteiger partial charge is 0.341 e. The number of fused-ring (bicyclic) bond motifs is 1. The van der Waals surface area contributed by atoms with Crippen molar-refractivity contribution in [1.82, 2.24) is 9.88 Å². The van der Waals surface area contributed by atoms with Gasteiger partial charge in [0.1, 0.15) is 5.56 Å². The Morgan fingerprint density at radius 3 is 2.82 bits per heavy atom. The Morgan fingerprint density at radius 1 is 1.36 bits per heavy atom. The van der Waals surface area contributed by atoms with E-state index in [4.69, 9.17) is 5.26 Å². The van der Waals surface area contributed by atoms with Gasteiger partial charge in [-0.1, -0.05) is 0 Å². The quantitative estimate of drug-likeness (QED) is 0.747. The summed E-state index contributed by atoms with van der Waals surface area (Å²) in [5, 5.41) is 22.0. The number of nitrogens with zero attached hydrogens (tertiary/aromatic N) is 3. The first-order valence-electron chi connectivity index (χ1n) is 9.78. The SMILES string of the molecule is Cc1c(N2CCC(NCCC#N)C2)ccc2c(=O)c(C(=O)O)cn(C3CC3)c12. The molecule has 1 unspecified atom stereocenters. The maximum atomic E-state index is 12.7. The molecule has 7 nitrogen and oxygen atoms in total. The van der Waals surface area contributed by atoms with Gasteiger partial charge in [0.05, 0.1) is 11.6 Å². The minimum absolute atomic E-state index is 0.158. The van der Waals surface area contributed by atoms with Crippen molar-refractivity contribution in [3.8, 4) is 6.07 Å². The molecular formula is C21H24N4O3. The van der Waals surface area contributed by atoms with Gasteiger partial charge in [0.25, 0.3) is 0 Å². The van der Waals surface area contributed by atoms with E-state index in [1.807, 2.05) is 17.6 Å². The lowest BCUT2D eigenvalue weighted by Crippen LogP contribution is -2.33. The second-order valence-corrected chi connectivity index (χ2v) is 7.72. The normalized spacial score (nSPS) is 19.1. The van der Waals surface area contributed by atoms with Gasteiger partial charge in [-0.05, 0) is 43.9 Å². The Hall–Kier alpha value is -2.85. The first-order chi connectivity index (χ1) is 13.5. The minimum Gasteiger partial charge on any atom is -0.477 e. The van der Waals surface area contributed by atoms with E-state index in [2.05, 4.69) is 16.3 Å².